The summed E-state index contributed by atoms with van der Waals surface area (Å²) in [5, 5.41) is 8.98. The van der Waals surface area contributed by atoms with Gasteiger partial charge in [0.15, 0.2) is 0 Å². The molecule has 0 aliphatic carbocycles. The molecular weight excluding hydrogens is 288 g/mol. The molecule has 1 atom stereocenters. The van der Waals surface area contributed by atoms with Crippen LogP contribution in [0.1, 0.15) is 19.3 Å². The van der Waals surface area contributed by atoms with Crippen LogP contribution in [0.5, 0.6) is 0 Å². The Balaban J connectivity index is 2.22. The van der Waals surface area contributed by atoms with Gasteiger partial charge in [0.2, 0.25) is 10.0 Å². The Labute approximate surface area is 118 Å². The summed E-state index contributed by atoms with van der Waals surface area (Å²) in [4.78, 5) is 3.87. The van der Waals surface area contributed by atoms with Crippen molar-refractivity contribution < 1.29 is 13.5 Å². The summed E-state index contributed by atoms with van der Waals surface area (Å²) in [5.74, 6) is 0.212. The number of hydrogen-bond acceptors (Lipinski definition) is 4. The van der Waals surface area contributed by atoms with Crippen LogP contribution in [0.4, 0.5) is 0 Å². The van der Waals surface area contributed by atoms with E-state index in [-0.39, 0.29) is 22.6 Å². The molecule has 1 aliphatic rings. The summed E-state index contributed by atoms with van der Waals surface area (Å²) in [6.07, 6.45) is 3.86. The Morgan fingerprint density at radius 3 is 3.00 bits per heavy atom. The van der Waals surface area contributed by atoms with Crippen molar-refractivity contribution in [3.8, 4) is 0 Å². The lowest BCUT2D eigenvalue weighted by Gasteiger charge is -2.31. The van der Waals surface area contributed by atoms with Crippen molar-refractivity contribution in [1.82, 2.24) is 9.29 Å². The smallest absolute Gasteiger partial charge is 0.246 e. The average Bonchev–Trinajstić information content (AvgIpc) is 2.40. The fraction of sp³-hybridized carbons (Fsp3) is 0.583. The lowest BCUT2D eigenvalue weighted by Crippen LogP contribution is -2.40. The quantitative estimate of drug-likeness (QED) is 0.856. The van der Waals surface area contributed by atoms with E-state index in [2.05, 4.69) is 4.98 Å². The molecule has 0 amide bonds. The second kappa shape index (κ2) is 6.17. The Morgan fingerprint density at radius 1 is 1.53 bits per heavy atom. The van der Waals surface area contributed by atoms with Gasteiger partial charge >= 0.3 is 0 Å². The number of aliphatic hydroxyl groups excluding tert-OH is 1. The van der Waals surface area contributed by atoms with E-state index in [4.69, 9.17) is 16.7 Å². The predicted molar refractivity (Wildman–Crippen MR) is 72.4 cm³/mol. The van der Waals surface area contributed by atoms with Crippen LogP contribution in [0.15, 0.2) is 23.2 Å². The van der Waals surface area contributed by atoms with Gasteiger partial charge in [-0.2, -0.15) is 4.31 Å². The molecule has 1 N–H and O–H groups in total. The molecule has 5 nitrogen and oxygen atoms in total. The van der Waals surface area contributed by atoms with Gasteiger partial charge in [-0.15, -0.1) is 0 Å². The van der Waals surface area contributed by atoms with Crippen molar-refractivity contribution in [3.05, 3.63) is 23.5 Å². The highest BCUT2D eigenvalue weighted by Gasteiger charge is 2.31. The number of nitrogens with zero attached hydrogens (tertiary/aromatic N) is 2. The predicted octanol–water partition coefficient (Wildman–Crippen LogP) is 1.52. The van der Waals surface area contributed by atoms with Gasteiger partial charge in [0.05, 0.1) is 0 Å². The van der Waals surface area contributed by atoms with Gasteiger partial charge in [-0.3, -0.25) is 0 Å². The molecule has 1 saturated heterocycles. The van der Waals surface area contributed by atoms with Crippen molar-refractivity contribution >= 4 is 21.6 Å². The molecule has 0 radical (unpaired) electrons. The SMILES string of the molecule is O=S(=O)(c1cccnc1Cl)N1CCCC(CCO)C1. The van der Waals surface area contributed by atoms with E-state index in [9.17, 15) is 8.42 Å². The Kier molecular flexibility index (Phi) is 4.78. The summed E-state index contributed by atoms with van der Waals surface area (Å²) < 4.78 is 26.4. The standard InChI is InChI=1S/C12H17ClN2O3S/c13-12-11(4-1-6-14-12)19(17,18)15-7-2-3-10(9-15)5-8-16/h1,4,6,10,16H,2-3,5,7-9H2. The number of hydrogen-bond donors (Lipinski definition) is 1. The van der Waals surface area contributed by atoms with Gasteiger partial charge in [0.25, 0.3) is 0 Å². The number of sulfonamides is 1. The first-order valence-electron chi connectivity index (χ1n) is 6.27. The zero-order valence-corrected chi connectivity index (χ0v) is 12.1. The number of piperidine rings is 1. The first kappa shape index (κ1) is 14.7. The third-order valence-corrected chi connectivity index (χ3v) is 5.67. The van der Waals surface area contributed by atoms with Gasteiger partial charge in [0.1, 0.15) is 10.0 Å². The zero-order chi connectivity index (χ0) is 13.9. The van der Waals surface area contributed by atoms with Gasteiger partial charge in [-0.1, -0.05) is 11.6 Å². The van der Waals surface area contributed by atoms with E-state index in [0.29, 0.717) is 19.5 Å². The highest BCUT2D eigenvalue weighted by Crippen LogP contribution is 2.27. The van der Waals surface area contributed by atoms with Crippen LogP contribution in [-0.4, -0.2) is 42.5 Å². The Morgan fingerprint density at radius 2 is 2.32 bits per heavy atom. The minimum atomic E-state index is -3.59. The molecule has 1 aliphatic heterocycles. The Bertz CT molecular complexity index is 534. The minimum Gasteiger partial charge on any atom is -0.396 e. The molecule has 0 spiro atoms. The molecule has 106 valence electrons. The van der Waals surface area contributed by atoms with Crippen molar-refractivity contribution in [2.45, 2.75) is 24.2 Å². The van der Waals surface area contributed by atoms with E-state index in [1.165, 1.54) is 16.6 Å². The number of rotatable bonds is 4. The van der Waals surface area contributed by atoms with Crippen molar-refractivity contribution in [2.24, 2.45) is 5.92 Å². The molecule has 19 heavy (non-hydrogen) atoms. The highest BCUT2D eigenvalue weighted by molar-refractivity contribution is 7.89. The summed E-state index contributed by atoms with van der Waals surface area (Å²) in [6, 6.07) is 3.04. The number of aromatic nitrogens is 1. The molecule has 1 unspecified atom stereocenters. The van der Waals surface area contributed by atoms with Crippen LogP contribution < -0.4 is 0 Å². The lowest BCUT2D eigenvalue weighted by atomic mass is 9.97. The van der Waals surface area contributed by atoms with Crippen molar-refractivity contribution in [2.75, 3.05) is 19.7 Å². The van der Waals surface area contributed by atoms with Crippen LogP contribution in [0.2, 0.25) is 5.15 Å². The second-order valence-corrected chi connectivity index (χ2v) is 6.94. The fourth-order valence-corrected chi connectivity index (χ4v) is 4.35. The van der Waals surface area contributed by atoms with Gasteiger partial charge in [-0.05, 0) is 37.3 Å². The number of pyridine rings is 1. The molecule has 1 aromatic heterocycles. The third kappa shape index (κ3) is 3.25. The topological polar surface area (TPSA) is 70.5 Å². The summed E-state index contributed by atoms with van der Waals surface area (Å²) in [7, 11) is -3.59. The molecular formula is C12H17ClN2O3S. The molecule has 2 rings (SSSR count). The maximum Gasteiger partial charge on any atom is 0.246 e. The van der Waals surface area contributed by atoms with Gasteiger partial charge in [-0.25, -0.2) is 13.4 Å². The van der Waals surface area contributed by atoms with Crippen LogP contribution in [0.25, 0.3) is 0 Å². The molecule has 7 heteroatoms. The average molecular weight is 305 g/mol. The van der Waals surface area contributed by atoms with Gasteiger partial charge in [0, 0.05) is 25.9 Å². The largest absolute Gasteiger partial charge is 0.396 e. The maximum absolute atomic E-state index is 12.5. The fourth-order valence-electron chi connectivity index (χ4n) is 2.37. The second-order valence-electron chi connectivity index (χ2n) is 4.68. The van der Waals surface area contributed by atoms with E-state index < -0.39 is 10.0 Å². The monoisotopic (exact) mass is 304 g/mol. The molecule has 0 aromatic carbocycles. The number of halogens is 1. The Hall–Kier alpha value is -0.690. The lowest BCUT2D eigenvalue weighted by molar-refractivity contribution is 0.203. The van der Waals surface area contributed by atoms with E-state index in [0.717, 1.165) is 12.8 Å². The van der Waals surface area contributed by atoms with E-state index in [1.54, 1.807) is 6.07 Å². The molecule has 1 aromatic rings. The molecule has 2 heterocycles. The van der Waals surface area contributed by atoms with Crippen LogP contribution in [0.3, 0.4) is 0 Å². The van der Waals surface area contributed by atoms with Crippen molar-refractivity contribution in [3.63, 3.8) is 0 Å². The summed E-state index contributed by atoms with van der Waals surface area (Å²) in [5.41, 5.74) is 0. The minimum absolute atomic E-state index is 0.00628. The van der Waals surface area contributed by atoms with Crippen LogP contribution in [-0.2, 0) is 10.0 Å². The first-order chi connectivity index (χ1) is 9.05. The summed E-state index contributed by atoms with van der Waals surface area (Å²) in [6.45, 7) is 1.02. The van der Waals surface area contributed by atoms with Gasteiger partial charge < -0.3 is 5.11 Å². The molecule has 1 fully saturated rings. The highest BCUT2D eigenvalue weighted by atomic mass is 35.5. The number of aliphatic hydroxyl groups is 1. The summed E-state index contributed by atoms with van der Waals surface area (Å²) >= 11 is 5.87. The normalized spacial score (nSPS) is 21.5. The van der Waals surface area contributed by atoms with Crippen molar-refractivity contribution in [1.29, 1.82) is 0 Å². The third-order valence-electron chi connectivity index (χ3n) is 3.36. The maximum atomic E-state index is 12.5. The van der Waals surface area contributed by atoms with Crippen LogP contribution >= 0.6 is 11.6 Å². The van der Waals surface area contributed by atoms with E-state index >= 15 is 0 Å². The zero-order valence-electron chi connectivity index (χ0n) is 10.5. The van der Waals surface area contributed by atoms with E-state index in [1.807, 2.05) is 0 Å². The first-order valence-corrected chi connectivity index (χ1v) is 8.09. The molecule has 0 bridgehead atoms. The van der Waals surface area contributed by atoms with Crippen LogP contribution in [0, 0.1) is 5.92 Å². The molecule has 0 saturated carbocycles.